The molecule has 0 aliphatic heterocycles. The highest BCUT2D eigenvalue weighted by atomic mass is 32.1. The number of halogens is 3. The van der Waals surface area contributed by atoms with Crippen LogP contribution in [-0.4, -0.2) is 14.3 Å². The fraction of sp³-hybridized carbons (Fsp3) is 0.312. The van der Waals surface area contributed by atoms with Gasteiger partial charge in [0, 0.05) is 28.4 Å². The molecular formula is C16H13F3N4S2. The molecule has 0 unspecified atom stereocenters. The molecule has 0 radical (unpaired) electrons. The zero-order chi connectivity index (χ0) is 17.4. The summed E-state index contributed by atoms with van der Waals surface area (Å²) in [6, 6.07) is 5.06. The summed E-state index contributed by atoms with van der Waals surface area (Å²) in [6.45, 7) is 0.510. The van der Waals surface area contributed by atoms with E-state index in [0.29, 0.717) is 23.0 Å². The van der Waals surface area contributed by atoms with Crippen LogP contribution >= 0.6 is 22.9 Å². The van der Waals surface area contributed by atoms with Crippen molar-refractivity contribution in [2.24, 2.45) is 0 Å². The summed E-state index contributed by atoms with van der Waals surface area (Å²) in [5.41, 5.74) is 0.844. The van der Waals surface area contributed by atoms with Crippen LogP contribution in [0.5, 0.6) is 0 Å². The first-order chi connectivity index (χ1) is 12.0. The van der Waals surface area contributed by atoms with Gasteiger partial charge in [-0.3, -0.25) is 0 Å². The highest BCUT2D eigenvalue weighted by molar-refractivity contribution is 7.13. The maximum Gasteiger partial charge on any atom is 0.416 e. The summed E-state index contributed by atoms with van der Waals surface area (Å²) in [5, 5.41) is 6.56. The van der Waals surface area contributed by atoms with Crippen LogP contribution in [-0.2, 0) is 12.7 Å². The van der Waals surface area contributed by atoms with E-state index < -0.39 is 11.7 Å². The van der Waals surface area contributed by atoms with E-state index in [4.69, 9.17) is 0 Å². The Morgan fingerprint density at radius 1 is 1.12 bits per heavy atom. The van der Waals surface area contributed by atoms with Gasteiger partial charge in [0.15, 0.2) is 0 Å². The number of benzene rings is 1. The van der Waals surface area contributed by atoms with Gasteiger partial charge in [-0.05, 0) is 25.0 Å². The summed E-state index contributed by atoms with van der Waals surface area (Å²) in [7, 11) is 0. The highest BCUT2D eigenvalue weighted by Gasteiger charge is 2.30. The lowest BCUT2D eigenvalue weighted by Gasteiger charge is -2.06. The monoisotopic (exact) mass is 382 g/mol. The van der Waals surface area contributed by atoms with Crippen LogP contribution in [0, 0.1) is 0 Å². The number of anilines is 1. The molecule has 4 rings (SSSR count). The molecule has 1 saturated carbocycles. The number of nitrogens with zero attached hydrogens (tertiary/aromatic N) is 3. The van der Waals surface area contributed by atoms with E-state index in [-0.39, 0.29) is 0 Å². The summed E-state index contributed by atoms with van der Waals surface area (Å²) in [5.74, 6) is 1.44. The van der Waals surface area contributed by atoms with Crippen molar-refractivity contribution in [3.05, 3.63) is 46.7 Å². The Bertz CT molecular complexity index is 866. The van der Waals surface area contributed by atoms with E-state index in [1.165, 1.54) is 47.8 Å². The lowest BCUT2D eigenvalue weighted by molar-refractivity contribution is -0.137. The van der Waals surface area contributed by atoms with Gasteiger partial charge in [0.05, 0.1) is 17.8 Å². The number of alkyl halides is 3. The average molecular weight is 382 g/mol. The molecule has 1 N–H and O–H groups in total. The largest absolute Gasteiger partial charge is 0.416 e. The molecule has 9 heteroatoms. The minimum absolute atomic E-state index is 0.510. The third-order valence-electron chi connectivity index (χ3n) is 3.82. The Hall–Kier alpha value is -2.00. The van der Waals surface area contributed by atoms with Gasteiger partial charge >= 0.3 is 6.18 Å². The SMILES string of the molecule is FC(F)(F)c1ccc(-c2nc(CNc3nc(C4CC4)ns3)cs2)cc1. The first-order valence-electron chi connectivity index (χ1n) is 7.68. The van der Waals surface area contributed by atoms with Crippen molar-refractivity contribution in [2.75, 3.05) is 5.32 Å². The molecule has 1 aliphatic rings. The normalized spacial score (nSPS) is 14.7. The second-order valence-corrected chi connectivity index (χ2v) is 7.41. The topological polar surface area (TPSA) is 50.7 Å². The van der Waals surface area contributed by atoms with Crippen LogP contribution in [0.1, 0.15) is 35.8 Å². The molecule has 0 atom stereocenters. The number of rotatable bonds is 5. The Morgan fingerprint density at radius 3 is 2.56 bits per heavy atom. The van der Waals surface area contributed by atoms with Gasteiger partial charge in [-0.25, -0.2) is 9.97 Å². The number of aromatic nitrogens is 3. The highest BCUT2D eigenvalue weighted by Crippen LogP contribution is 2.39. The smallest absolute Gasteiger partial charge is 0.355 e. The fourth-order valence-corrected chi connectivity index (χ4v) is 3.77. The van der Waals surface area contributed by atoms with E-state index in [9.17, 15) is 13.2 Å². The predicted molar refractivity (Wildman–Crippen MR) is 91.8 cm³/mol. The van der Waals surface area contributed by atoms with Gasteiger partial charge < -0.3 is 5.32 Å². The van der Waals surface area contributed by atoms with Gasteiger partial charge in [-0.15, -0.1) is 11.3 Å². The molecule has 0 bridgehead atoms. The van der Waals surface area contributed by atoms with Crippen LogP contribution in [0.3, 0.4) is 0 Å². The van der Waals surface area contributed by atoms with E-state index in [1.807, 2.05) is 5.38 Å². The van der Waals surface area contributed by atoms with E-state index >= 15 is 0 Å². The van der Waals surface area contributed by atoms with Crippen molar-refractivity contribution in [3.8, 4) is 10.6 Å². The Morgan fingerprint density at radius 2 is 1.88 bits per heavy atom. The molecule has 25 heavy (non-hydrogen) atoms. The summed E-state index contributed by atoms with van der Waals surface area (Å²) in [6.07, 6.45) is -1.99. The number of thiazole rings is 1. The van der Waals surface area contributed by atoms with E-state index in [2.05, 4.69) is 19.7 Å². The first-order valence-corrected chi connectivity index (χ1v) is 9.34. The third-order valence-corrected chi connectivity index (χ3v) is 5.44. The molecule has 1 fully saturated rings. The molecular weight excluding hydrogens is 369 g/mol. The van der Waals surface area contributed by atoms with Crippen molar-refractivity contribution in [3.63, 3.8) is 0 Å². The quantitative estimate of drug-likeness (QED) is 0.661. The molecule has 0 spiro atoms. The Balaban J connectivity index is 1.41. The van der Waals surface area contributed by atoms with Gasteiger partial charge in [-0.2, -0.15) is 17.5 Å². The minimum atomic E-state index is -4.32. The van der Waals surface area contributed by atoms with Crippen LogP contribution in [0.25, 0.3) is 10.6 Å². The lowest BCUT2D eigenvalue weighted by Crippen LogP contribution is -2.04. The van der Waals surface area contributed by atoms with Crippen LogP contribution in [0.4, 0.5) is 18.3 Å². The minimum Gasteiger partial charge on any atom is -0.355 e. The second-order valence-electron chi connectivity index (χ2n) is 5.80. The zero-order valence-corrected chi connectivity index (χ0v) is 14.5. The zero-order valence-electron chi connectivity index (χ0n) is 12.9. The molecule has 4 nitrogen and oxygen atoms in total. The summed E-state index contributed by atoms with van der Waals surface area (Å²) in [4.78, 5) is 8.92. The molecule has 1 aliphatic carbocycles. The summed E-state index contributed by atoms with van der Waals surface area (Å²) >= 11 is 2.75. The first kappa shape index (κ1) is 16.5. The van der Waals surface area contributed by atoms with Crippen molar-refractivity contribution >= 4 is 28.0 Å². The molecule has 130 valence electrons. The fourth-order valence-electron chi connectivity index (χ4n) is 2.30. The number of hydrogen-bond acceptors (Lipinski definition) is 6. The standard InChI is InChI=1S/C16H13F3N4S2/c17-16(18,19)11-5-3-10(4-6-11)14-21-12(8-24-14)7-20-15-22-13(23-25-15)9-1-2-9/h3-6,8-9H,1-2,7H2,(H,20,22,23). The second kappa shape index (κ2) is 6.38. The van der Waals surface area contributed by atoms with Crippen molar-refractivity contribution in [2.45, 2.75) is 31.5 Å². The Kier molecular flexibility index (Phi) is 4.20. The molecule has 2 aromatic heterocycles. The number of nitrogens with one attached hydrogen (secondary N) is 1. The van der Waals surface area contributed by atoms with Gasteiger partial charge in [0.25, 0.3) is 0 Å². The van der Waals surface area contributed by atoms with E-state index in [1.54, 1.807) is 0 Å². The predicted octanol–water partition coefficient (Wildman–Crippen LogP) is 5.17. The van der Waals surface area contributed by atoms with Gasteiger partial charge in [0.2, 0.25) is 5.13 Å². The van der Waals surface area contributed by atoms with Crippen LogP contribution in [0.15, 0.2) is 29.6 Å². The Labute approximate surface area is 149 Å². The molecule has 2 heterocycles. The maximum atomic E-state index is 12.6. The van der Waals surface area contributed by atoms with Crippen LogP contribution in [0.2, 0.25) is 0 Å². The molecule has 0 saturated heterocycles. The lowest BCUT2D eigenvalue weighted by atomic mass is 10.1. The van der Waals surface area contributed by atoms with Gasteiger partial charge in [0.1, 0.15) is 10.8 Å². The van der Waals surface area contributed by atoms with Crippen molar-refractivity contribution in [1.82, 2.24) is 14.3 Å². The maximum absolute atomic E-state index is 12.6. The molecule has 3 aromatic rings. The molecule has 0 amide bonds. The van der Waals surface area contributed by atoms with Gasteiger partial charge in [-0.1, -0.05) is 12.1 Å². The van der Waals surface area contributed by atoms with Crippen molar-refractivity contribution < 1.29 is 13.2 Å². The third kappa shape index (κ3) is 3.82. The number of hydrogen-bond donors (Lipinski definition) is 1. The van der Waals surface area contributed by atoms with Crippen LogP contribution < -0.4 is 5.32 Å². The molecule has 1 aromatic carbocycles. The van der Waals surface area contributed by atoms with E-state index in [0.717, 1.165) is 28.8 Å². The average Bonchev–Trinajstić information content (AvgIpc) is 3.15. The summed E-state index contributed by atoms with van der Waals surface area (Å²) < 4.78 is 42.2. The van der Waals surface area contributed by atoms with Crippen molar-refractivity contribution in [1.29, 1.82) is 0 Å².